The highest BCUT2D eigenvalue weighted by Crippen LogP contribution is 1.96. The first kappa shape index (κ1) is 23.3. The van der Waals surface area contributed by atoms with E-state index in [1.54, 1.807) is 0 Å². The first-order chi connectivity index (χ1) is 12.0. The van der Waals surface area contributed by atoms with E-state index in [0.29, 0.717) is 0 Å². The maximum atomic E-state index is 11.8. The van der Waals surface area contributed by atoms with Crippen molar-refractivity contribution >= 4 is 29.7 Å². The number of aliphatic hydroxyl groups excluding tert-OH is 1. The Bertz CT molecular complexity index is 551. The number of aliphatic carboxylic acids is 2. The molecule has 0 bridgehead atoms. The molecule has 148 valence electrons. The monoisotopic (exact) mass is 376 g/mol. The van der Waals surface area contributed by atoms with Gasteiger partial charge in [0.25, 0.3) is 0 Å². The normalized spacial score (nSPS) is 15.1. The van der Waals surface area contributed by atoms with E-state index in [9.17, 15) is 29.1 Å². The Kier molecular flexibility index (Phi) is 9.84. The number of nitrogens with two attached hydrogens (primary N) is 1. The molecule has 12 heteroatoms. The molecule has 0 spiro atoms. The first-order valence-corrected chi connectivity index (χ1v) is 7.71. The van der Waals surface area contributed by atoms with Gasteiger partial charge < -0.3 is 37.0 Å². The second-order valence-electron chi connectivity index (χ2n) is 5.61. The molecule has 8 N–H and O–H groups in total. The van der Waals surface area contributed by atoms with Gasteiger partial charge in [-0.2, -0.15) is 0 Å². The number of nitrogens with one attached hydrogen (secondary N) is 3. The molecule has 0 aromatic carbocycles. The molecular weight excluding hydrogens is 352 g/mol. The number of carboxylic acids is 2. The van der Waals surface area contributed by atoms with Crippen molar-refractivity contribution in [1.29, 1.82) is 0 Å². The van der Waals surface area contributed by atoms with E-state index in [2.05, 4.69) is 10.6 Å². The number of aliphatic hydroxyl groups is 1. The van der Waals surface area contributed by atoms with Crippen molar-refractivity contribution in [2.24, 2.45) is 5.73 Å². The molecule has 0 aromatic heterocycles. The highest BCUT2D eigenvalue weighted by atomic mass is 16.4. The fourth-order valence-corrected chi connectivity index (χ4v) is 1.73. The number of rotatable bonds is 11. The Balaban J connectivity index is 4.37. The van der Waals surface area contributed by atoms with E-state index >= 15 is 0 Å². The van der Waals surface area contributed by atoms with Crippen LogP contribution in [-0.4, -0.2) is 75.8 Å². The molecule has 0 aliphatic carbocycles. The summed E-state index contributed by atoms with van der Waals surface area (Å²) in [6.07, 6.45) is -1.74. The van der Waals surface area contributed by atoms with Crippen molar-refractivity contribution in [1.82, 2.24) is 16.0 Å². The molecule has 0 saturated heterocycles. The van der Waals surface area contributed by atoms with Crippen molar-refractivity contribution < 1.29 is 39.3 Å². The van der Waals surface area contributed by atoms with Crippen LogP contribution in [0.1, 0.15) is 26.7 Å². The van der Waals surface area contributed by atoms with Crippen molar-refractivity contribution in [2.45, 2.75) is 50.9 Å². The number of carbonyl (C=O) groups is 5. The maximum absolute atomic E-state index is 11.8. The number of carbonyl (C=O) groups excluding carboxylic acids is 3. The fourth-order valence-electron chi connectivity index (χ4n) is 1.73. The molecular formula is C14H24N4O8. The predicted octanol–water partition coefficient (Wildman–Crippen LogP) is -3.25. The average molecular weight is 376 g/mol. The molecule has 26 heavy (non-hydrogen) atoms. The molecule has 0 heterocycles. The van der Waals surface area contributed by atoms with Crippen LogP contribution < -0.4 is 21.7 Å². The smallest absolute Gasteiger partial charge is 0.328 e. The minimum absolute atomic E-state index is 0.103. The SMILES string of the molecule is CC(NC(=O)C(N)CCC(=O)O)C(=O)NCC(=O)NC(C(=O)O)C(C)O. The van der Waals surface area contributed by atoms with Gasteiger partial charge in [0.05, 0.1) is 18.7 Å². The lowest BCUT2D eigenvalue weighted by Gasteiger charge is -2.19. The van der Waals surface area contributed by atoms with Gasteiger partial charge in [0, 0.05) is 6.42 Å². The number of hydrogen-bond donors (Lipinski definition) is 7. The summed E-state index contributed by atoms with van der Waals surface area (Å²) in [6.45, 7) is 1.94. The van der Waals surface area contributed by atoms with Crippen LogP contribution in [0.5, 0.6) is 0 Å². The van der Waals surface area contributed by atoms with Crippen molar-refractivity contribution in [3.05, 3.63) is 0 Å². The summed E-state index contributed by atoms with van der Waals surface area (Å²) >= 11 is 0. The largest absolute Gasteiger partial charge is 0.481 e. The number of amides is 3. The summed E-state index contributed by atoms with van der Waals surface area (Å²) in [7, 11) is 0. The molecule has 0 saturated carbocycles. The van der Waals surface area contributed by atoms with Crippen LogP contribution in [0.3, 0.4) is 0 Å². The molecule has 0 fully saturated rings. The molecule has 0 rings (SSSR count). The molecule has 0 radical (unpaired) electrons. The van der Waals surface area contributed by atoms with Crippen LogP contribution in [-0.2, 0) is 24.0 Å². The zero-order chi connectivity index (χ0) is 20.4. The average Bonchev–Trinajstić information content (AvgIpc) is 2.54. The number of carboxylic acid groups (broad SMARTS) is 2. The topological polar surface area (TPSA) is 208 Å². The van der Waals surface area contributed by atoms with Crippen LogP contribution in [0.4, 0.5) is 0 Å². The van der Waals surface area contributed by atoms with E-state index < -0.39 is 60.4 Å². The van der Waals surface area contributed by atoms with Crippen molar-refractivity contribution in [2.75, 3.05) is 6.54 Å². The second kappa shape index (κ2) is 11.0. The third kappa shape index (κ3) is 8.94. The van der Waals surface area contributed by atoms with Crippen LogP contribution in [0.15, 0.2) is 0 Å². The van der Waals surface area contributed by atoms with Gasteiger partial charge in [-0.15, -0.1) is 0 Å². The Morgan fingerprint density at radius 3 is 2.04 bits per heavy atom. The van der Waals surface area contributed by atoms with Gasteiger partial charge in [-0.25, -0.2) is 4.79 Å². The van der Waals surface area contributed by atoms with E-state index in [-0.39, 0.29) is 12.8 Å². The van der Waals surface area contributed by atoms with Gasteiger partial charge in [0.2, 0.25) is 17.7 Å². The summed E-state index contributed by atoms with van der Waals surface area (Å²) in [5, 5.41) is 33.1. The molecule has 0 aromatic rings. The zero-order valence-electron chi connectivity index (χ0n) is 14.4. The fraction of sp³-hybridized carbons (Fsp3) is 0.643. The second-order valence-corrected chi connectivity index (χ2v) is 5.61. The first-order valence-electron chi connectivity index (χ1n) is 7.71. The quantitative estimate of drug-likeness (QED) is 0.193. The highest BCUT2D eigenvalue weighted by molar-refractivity contribution is 5.92. The van der Waals surface area contributed by atoms with Gasteiger partial charge in [-0.05, 0) is 20.3 Å². The highest BCUT2D eigenvalue weighted by Gasteiger charge is 2.25. The van der Waals surface area contributed by atoms with Crippen LogP contribution >= 0.6 is 0 Å². The van der Waals surface area contributed by atoms with Gasteiger partial charge in [0.15, 0.2) is 6.04 Å². The summed E-state index contributed by atoms with van der Waals surface area (Å²) in [4.78, 5) is 56.4. The Hall–Kier alpha value is -2.73. The third-order valence-corrected chi connectivity index (χ3v) is 3.25. The minimum atomic E-state index is -1.52. The Morgan fingerprint density at radius 1 is 1.00 bits per heavy atom. The summed E-state index contributed by atoms with van der Waals surface area (Å²) in [5.74, 6) is -4.85. The lowest BCUT2D eigenvalue weighted by molar-refractivity contribution is -0.144. The Morgan fingerprint density at radius 2 is 1.58 bits per heavy atom. The molecule has 0 aliphatic rings. The number of hydrogen-bond acceptors (Lipinski definition) is 7. The molecule has 0 aliphatic heterocycles. The third-order valence-electron chi connectivity index (χ3n) is 3.25. The molecule has 4 atom stereocenters. The van der Waals surface area contributed by atoms with Crippen molar-refractivity contribution in [3.8, 4) is 0 Å². The van der Waals surface area contributed by atoms with Gasteiger partial charge in [0.1, 0.15) is 6.04 Å². The van der Waals surface area contributed by atoms with E-state index in [1.165, 1.54) is 13.8 Å². The van der Waals surface area contributed by atoms with Crippen LogP contribution in [0.2, 0.25) is 0 Å². The van der Waals surface area contributed by atoms with Crippen LogP contribution in [0, 0.1) is 0 Å². The molecule has 4 unspecified atom stereocenters. The van der Waals surface area contributed by atoms with Gasteiger partial charge in [-0.1, -0.05) is 0 Å². The van der Waals surface area contributed by atoms with E-state index in [1.807, 2.05) is 5.32 Å². The Labute approximate surface area is 149 Å². The summed E-state index contributed by atoms with van der Waals surface area (Å²) < 4.78 is 0. The van der Waals surface area contributed by atoms with Gasteiger partial charge >= 0.3 is 11.9 Å². The van der Waals surface area contributed by atoms with E-state index in [0.717, 1.165) is 0 Å². The van der Waals surface area contributed by atoms with Crippen LogP contribution in [0.25, 0.3) is 0 Å². The standard InChI is InChI=1S/C14H24N4O8/c1-6(17-13(24)8(15)3-4-10(21)22)12(23)16-5-9(20)18-11(7(2)19)14(25)26/h6-8,11,19H,3-5,15H2,1-2H3,(H,16,23)(H,17,24)(H,18,20)(H,21,22)(H,25,26). The molecule has 3 amide bonds. The maximum Gasteiger partial charge on any atom is 0.328 e. The molecule has 12 nitrogen and oxygen atoms in total. The minimum Gasteiger partial charge on any atom is -0.481 e. The van der Waals surface area contributed by atoms with Gasteiger partial charge in [-0.3, -0.25) is 19.2 Å². The predicted molar refractivity (Wildman–Crippen MR) is 86.7 cm³/mol. The summed E-state index contributed by atoms with van der Waals surface area (Å²) in [6, 6.07) is -3.69. The lowest BCUT2D eigenvalue weighted by atomic mass is 10.1. The lowest BCUT2D eigenvalue weighted by Crippen LogP contribution is -2.53. The zero-order valence-corrected chi connectivity index (χ0v) is 14.4. The summed E-state index contributed by atoms with van der Waals surface area (Å²) in [5.41, 5.74) is 5.50. The van der Waals surface area contributed by atoms with E-state index in [4.69, 9.17) is 15.9 Å². The van der Waals surface area contributed by atoms with Crippen molar-refractivity contribution in [3.63, 3.8) is 0 Å².